The van der Waals surface area contributed by atoms with Gasteiger partial charge in [-0.1, -0.05) is 6.92 Å². The topological polar surface area (TPSA) is 59.4 Å². The maximum absolute atomic E-state index is 12.8. The molecule has 0 aliphatic rings. The number of carboxylic acid groups (broad SMARTS) is 1. The van der Waals surface area contributed by atoms with Gasteiger partial charge in [-0.3, -0.25) is 0 Å². The standard InChI is InChI=1S/C14H12FNO3/c1-2-11-7-9(14(17)18)8-13(16-11)19-12-5-3-10(15)4-6-12/h3-8H,2H2,1H3,(H,17,18). The van der Waals surface area contributed by atoms with Crippen molar-refractivity contribution in [2.24, 2.45) is 0 Å². The van der Waals surface area contributed by atoms with E-state index in [2.05, 4.69) is 4.98 Å². The van der Waals surface area contributed by atoms with Gasteiger partial charge in [0.2, 0.25) is 5.88 Å². The number of carbonyl (C=O) groups is 1. The summed E-state index contributed by atoms with van der Waals surface area (Å²) in [4.78, 5) is 15.2. The Balaban J connectivity index is 2.31. The van der Waals surface area contributed by atoms with Crippen molar-refractivity contribution in [1.29, 1.82) is 0 Å². The Hall–Kier alpha value is -2.43. The number of pyridine rings is 1. The number of aromatic carboxylic acids is 1. The van der Waals surface area contributed by atoms with Gasteiger partial charge in [-0.2, -0.15) is 0 Å². The molecule has 0 radical (unpaired) electrons. The summed E-state index contributed by atoms with van der Waals surface area (Å²) in [7, 11) is 0. The zero-order valence-corrected chi connectivity index (χ0v) is 10.3. The molecule has 0 saturated carbocycles. The quantitative estimate of drug-likeness (QED) is 0.917. The van der Waals surface area contributed by atoms with E-state index in [0.717, 1.165) is 0 Å². The van der Waals surface area contributed by atoms with Crippen LogP contribution in [-0.2, 0) is 6.42 Å². The lowest BCUT2D eigenvalue weighted by molar-refractivity contribution is 0.0696. The van der Waals surface area contributed by atoms with E-state index >= 15 is 0 Å². The highest BCUT2D eigenvalue weighted by Gasteiger charge is 2.09. The first-order valence-corrected chi connectivity index (χ1v) is 5.76. The highest BCUT2D eigenvalue weighted by atomic mass is 19.1. The second-order valence-corrected chi connectivity index (χ2v) is 3.90. The Bertz CT molecular complexity index is 596. The molecule has 19 heavy (non-hydrogen) atoms. The molecule has 4 nitrogen and oxygen atoms in total. The first kappa shape index (κ1) is 13.0. The zero-order valence-electron chi connectivity index (χ0n) is 10.3. The van der Waals surface area contributed by atoms with Crippen molar-refractivity contribution < 1.29 is 19.0 Å². The lowest BCUT2D eigenvalue weighted by Crippen LogP contribution is -2.01. The number of halogens is 1. The summed E-state index contributed by atoms with van der Waals surface area (Å²) in [5.41, 5.74) is 0.737. The summed E-state index contributed by atoms with van der Waals surface area (Å²) >= 11 is 0. The van der Waals surface area contributed by atoms with Gasteiger partial charge in [-0.15, -0.1) is 0 Å². The summed E-state index contributed by atoms with van der Waals surface area (Å²) in [5, 5.41) is 9.00. The number of carboxylic acids is 1. The average Bonchev–Trinajstić information content (AvgIpc) is 2.41. The fourth-order valence-corrected chi connectivity index (χ4v) is 1.54. The third-order valence-electron chi connectivity index (χ3n) is 2.50. The average molecular weight is 261 g/mol. The van der Waals surface area contributed by atoms with Gasteiger partial charge in [-0.05, 0) is 36.8 Å². The monoisotopic (exact) mass is 261 g/mol. The minimum absolute atomic E-state index is 0.115. The van der Waals surface area contributed by atoms with Crippen molar-refractivity contribution in [2.75, 3.05) is 0 Å². The largest absolute Gasteiger partial charge is 0.478 e. The van der Waals surface area contributed by atoms with E-state index in [1.54, 1.807) is 0 Å². The summed E-state index contributed by atoms with van der Waals surface area (Å²) in [6, 6.07) is 8.27. The summed E-state index contributed by atoms with van der Waals surface area (Å²) in [6.45, 7) is 1.87. The van der Waals surface area contributed by atoms with E-state index < -0.39 is 5.97 Å². The fraction of sp³-hybridized carbons (Fsp3) is 0.143. The van der Waals surface area contributed by atoms with Crippen LogP contribution in [0, 0.1) is 5.82 Å². The second-order valence-electron chi connectivity index (χ2n) is 3.90. The van der Waals surface area contributed by atoms with Crippen LogP contribution in [0.25, 0.3) is 0 Å². The van der Waals surface area contributed by atoms with Crippen molar-refractivity contribution in [3.63, 3.8) is 0 Å². The van der Waals surface area contributed by atoms with Gasteiger partial charge < -0.3 is 9.84 Å². The van der Waals surface area contributed by atoms with Gasteiger partial charge in [-0.25, -0.2) is 14.2 Å². The molecule has 1 heterocycles. The van der Waals surface area contributed by atoms with E-state index in [0.29, 0.717) is 17.9 Å². The minimum atomic E-state index is -1.04. The van der Waals surface area contributed by atoms with Crippen molar-refractivity contribution in [2.45, 2.75) is 13.3 Å². The summed E-state index contributed by atoms with van der Waals surface area (Å²) in [5.74, 6) is -0.822. The van der Waals surface area contributed by atoms with Crippen LogP contribution in [0.1, 0.15) is 23.0 Å². The van der Waals surface area contributed by atoms with Crippen LogP contribution in [0.4, 0.5) is 4.39 Å². The predicted molar refractivity (Wildman–Crippen MR) is 67.0 cm³/mol. The number of hydrogen-bond acceptors (Lipinski definition) is 3. The predicted octanol–water partition coefficient (Wildman–Crippen LogP) is 3.27. The molecule has 0 fully saturated rings. The van der Waals surface area contributed by atoms with Crippen LogP contribution >= 0.6 is 0 Å². The molecule has 1 aromatic carbocycles. The van der Waals surface area contributed by atoms with Crippen LogP contribution in [0.3, 0.4) is 0 Å². The van der Waals surface area contributed by atoms with Crippen LogP contribution in [0.5, 0.6) is 11.6 Å². The lowest BCUT2D eigenvalue weighted by Gasteiger charge is -2.07. The maximum atomic E-state index is 12.8. The Kier molecular flexibility index (Phi) is 3.75. The summed E-state index contributed by atoms with van der Waals surface area (Å²) < 4.78 is 18.2. The molecule has 1 aromatic heterocycles. The van der Waals surface area contributed by atoms with Crippen LogP contribution in [-0.4, -0.2) is 16.1 Å². The highest BCUT2D eigenvalue weighted by Crippen LogP contribution is 2.21. The van der Waals surface area contributed by atoms with Crippen molar-refractivity contribution >= 4 is 5.97 Å². The molecule has 0 amide bonds. The number of ether oxygens (including phenoxy) is 1. The maximum Gasteiger partial charge on any atom is 0.335 e. The van der Waals surface area contributed by atoms with Crippen molar-refractivity contribution in [1.82, 2.24) is 4.98 Å². The smallest absolute Gasteiger partial charge is 0.335 e. The fourth-order valence-electron chi connectivity index (χ4n) is 1.54. The molecule has 5 heteroatoms. The van der Waals surface area contributed by atoms with Gasteiger partial charge in [0.05, 0.1) is 5.56 Å². The van der Waals surface area contributed by atoms with Crippen molar-refractivity contribution in [3.05, 3.63) is 53.5 Å². The lowest BCUT2D eigenvalue weighted by atomic mass is 10.2. The number of hydrogen-bond donors (Lipinski definition) is 1. The SMILES string of the molecule is CCc1cc(C(=O)O)cc(Oc2ccc(F)cc2)n1. The minimum Gasteiger partial charge on any atom is -0.478 e. The molecule has 0 unspecified atom stereocenters. The molecule has 0 saturated heterocycles. The van der Waals surface area contributed by atoms with Gasteiger partial charge in [0.15, 0.2) is 0 Å². The summed E-state index contributed by atoms with van der Waals surface area (Å²) in [6.07, 6.45) is 0.598. The van der Waals surface area contributed by atoms with Gasteiger partial charge in [0.1, 0.15) is 11.6 Å². The third-order valence-corrected chi connectivity index (χ3v) is 2.50. The van der Waals surface area contributed by atoms with Crippen LogP contribution < -0.4 is 4.74 Å². The van der Waals surface area contributed by atoms with Gasteiger partial charge >= 0.3 is 5.97 Å². The molecular weight excluding hydrogens is 249 g/mol. The molecule has 0 aliphatic carbocycles. The molecular formula is C14H12FNO3. The normalized spacial score (nSPS) is 10.2. The third kappa shape index (κ3) is 3.28. The Labute approximate surface area is 109 Å². The number of benzene rings is 1. The molecule has 0 atom stereocenters. The molecule has 0 aliphatic heterocycles. The molecule has 1 N–H and O–H groups in total. The van der Waals surface area contributed by atoms with Crippen LogP contribution in [0.2, 0.25) is 0 Å². The molecule has 2 aromatic rings. The van der Waals surface area contributed by atoms with E-state index in [9.17, 15) is 9.18 Å². The Morgan fingerprint density at radius 1 is 1.32 bits per heavy atom. The molecule has 0 bridgehead atoms. The second kappa shape index (κ2) is 5.48. The number of aromatic nitrogens is 1. The molecule has 2 rings (SSSR count). The van der Waals surface area contributed by atoms with Crippen molar-refractivity contribution in [3.8, 4) is 11.6 Å². The van der Waals surface area contributed by atoms with E-state index in [4.69, 9.17) is 9.84 Å². The molecule has 98 valence electrons. The van der Waals surface area contributed by atoms with Gasteiger partial charge in [0.25, 0.3) is 0 Å². The Morgan fingerprint density at radius 3 is 2.58 bits per heavy atom. The van der Waals surface area contributed by atoms with E-state index in [1.165, 1.54) is 36.4 Å². The van der Waals surface area contributed by atoms with Crippen LogP contribution in [0.15, 0.2) is 36.4 Å². The number of nitrogens with zero attached hydrogens (tertiary/aromatic N) is 1. The first-order chi connectivity index (χ1) is 9.08. The molecule has 0 spiro atoms. The number of aryl methyl sites for hydroxylation is 1. The Morgan fingerprint density at radius 2 is 2.00 bits per heavy atom. The van der Waals surface area contributed by atoms with Gasteiger partial charge in [0, 0.05) is 11.8 Å². The number of rotatable bonds is 4. The zero-order chi connectivity index (χ0) is 13.8. The first-order valence-electron chi connectivity index (χ1n) is 5.76. The highest BCUT2D eigenvalue weighted by molar-refractivity contribution is 5.88. The van der Waals surface area contributed by atoms with E-state index in [1.807, 2.05) is 6.92 Å². The van der Waals surface area contributed by atoms with E-state index in [-0.39, 0.29) is 17.3 Å².